The molecule has 0 aliphatic heterocycles. The van der Waals surface area contributed by atoms with Crippen molar-refractivity contribution in [2.75, 3.05) is 28.4 Å². The van der Waals surface area contributed by atoms with E-state index in [2.05, 4.69) is 4.99 Å². The van der Waals surface area contributed by atoms with Crippen molar-refractivity contribution in [2.45, 2.75) is 13.8 Å². The summed E-state index contributed by atoms with van der Waals surface area (Å²) in [4.78, 5) is 30.5. The minimum atomic E-state index is -0.516. The highest BCUT2D eigenvalue weighted by Gasteiger charge is 2.19. The van der Waals surface area contributed by atoms with Crippen molar-refractivity contribution in [3.8, 4) is 28.7 Å². The minimum absolute atomic E-state index is 0.106. The zero-order valence-electron chi connectivity index (χ0n) is 18.7. The number of Topliss-reactive ketones (excluding diaryl/α,β-unsaturated/α-hetero) is 1. The van der Waals surface area contributed by atoms with Crippen LogP contribution in [0.25, 0.3) is 5.69 Å². The molecule has 0 saturated carbocycles. The molecule has 0 bridgehead atoms. The normalized spacial score (nSPS) is 11.2. The van der Waals surface area contributed by atoms with Crippen LogP contribution in [0.4, 0.5) is 0 Å². The first-order valence-electron chi connectivity index (χ1n) is 9.61. The summed E-state index contributed by atoms with van der Waals surface area (Å²) in [7, 11) is 6.01. The van der Waals surface area contributed by atoms with Gasteiger partial charge in [-0.1, -0.05) is 17.4 Å². The van der Waals surface area contributed by atoms with E-state index in [4.69, 9.17) is 18.9 Å². The predicted molar refractivity (Wildman–Crippen MR) is 121 cm³/mol. The van der Waals surface area contributed by atoms with Gasteiger partial charge in [-0.05, 0) is 31.2 Å². The molecule has 3 rings (SSSR count). The van der Waals surface area contributed by atoms with Crippen molar-refractivity contribution in [1.82, 2.24) is 4.57 Å². The molecule has 2 aromatic carbocycles. The van der Waals surface area contributed by atoms with Gasteiger partial charge in [-0.2, -0.15) is 4.99 Å². The van der Waals surface area contributed by atoms with Crippen LogP contribution in [0.2, 0.25) is 0 Å². The van der Waals surface area contributed by atoms with Gasteiger partial charge in [0.2, 0.25) is 5.75 Å². The van der Waals surface area contributed by atoms with Gasteiger partial charge in [-0.15, -0.1) is 0 Å². The largest absolute Gasteiger partial charge is 0.497 e. The maximum Gasteiger partial charge on any atom is 0.279 e. The number of hydrogen-bond donors (Lipinski definition) is 0. The van der Waals surface area contributed by atoms with Gasteiger partial charge < -0.3 is 18.9 Å². The molecule has 8 nitrogen and oxygen atoms in total. The third-order valence-corrected chi connectivity index (χ3v) is 6.03. The van der Waals surface area contributed by atoms with Crippen LogP contribution in [-0.4, -0.2) is 44.7 Å². The number of ketones is 1. The number of nitrogens with zero attached hydrogens (tertiary/aromatic N) is 2. The lowest BCUT2D eigenvalue weighted by atomic mass is 10.1. The summed E-state index contributed by atoms with van der Waals surface area (Å²) < 4.78 is 23.1. The van der Waals surface area contributed by atoms with E-state index in [0.717, 1.165) is 17.0 Å². The molecule has 0 radical (unpaired) electrons. The number of aromatic nitrogens is 1. The smallest absolute Gasteiger partial charge is 0.279 e. The van der Waals surface area contributed by atoms with Gasteiger partial charge in [0.05, 0.1) is 39.0 Å². The fraction of sp³-hybridized carbons (Fsp3) is 0.261. The Morgan fingerprint density at radius 1 is 0.938 bits per heavy atom. The maximum atomic E-state index is 13.1. The second-order valence-corrected chi connectivity index (χ2v) is 7.70. The molecule has 0 spiro atoms. The SMILES string of the molecule is COc1cccc(-n2c(C)c(C(C)=O)sc2=NC(=O)c2cc(OC)c(OC)c(OC)c2)c1. The van der Waals surface area contributed by atoms with E-state index in [0.29, 0.717) is 38.4 Å². The number of carbonyl (C=O) groups is 2. The third kappa shape index (κ3) is 4.38. The summed E-state index contributed by atoms with van der Waals surface area (Å²) in [6.07, 6.45) is 0. The average molecular weight is 457 g/mol. The van der Waals surface area contributed by atoms with Crippen LogP contribution < -0.4 is 23.7 Å². The topological polar surface area (TPSA) is 88.4 Å². The van der Waals surface area contributed by atoms with Gasteiger partial charge in [0.1, 0.15) is 5.75 Å². The molecule has 0 unspecified atom stereocenters. The van der Waals surface area contributed by atoms with E-state index in [1.807, 2.05) is 31.2 Å². The molecule has 1 amide bonds. The lowest BCUT2D eigenvalue weighted by Crippen LogP contribution is -2.17. The van der Waals surface area contributed by atoms with Gasteiger partial charge in [-0.3, -0.25) is 14.2 Å². The highest BCUT2D eigenvalue weighted by atomic mass is 32.1. The fourth-order valence-electron chi connectivity index (χ4n) is 3.26. The lowest BCUT2D eigenvalue weighted by molar-refractivity contribution is 0.0994. The van der Waals surface area contributed by atoms with Crippen molar-refractivity contribution >= 4 is 23.0 Å². The van der Waals surface area contributed by atoms with Crippen LogP contribution in [0, 0.1) is 6.92 Å². The molecule has 0 aliphatic carbocycles. The van der Waals surface area contributed by atoms with Crippen LogP contribution in [0.15, 0.2) is 41.4 Å². The molecular weight excluding hydrogens is 432 g/mol. The molecule has 1 heterocycles. The number of benzene rings is 2. The average Bonchev–Trinajstić information content (AvgIpc) is 3.13. The van der Waals surface area contributed by atoms with E-state index >= 15 is 0 Å². The van der Waals surface area contributed by atoms with Crippen LogP contribution in [0.1, 0.15) is 32.6 Å². The second-order valence-electron chi connectivity index (χ2n) is 6.72. The molecular formula is C23H24N2O6S. The van der Waals surface area contributed by atoms with E-state index in [1.54, 1.807) is 11.7 Å². The molecule has 168 valence electrons. The summed E-state index contributed by atoms with van der Waals surface area (Å²) in [5.74, 6) is 1.09. The standard InChI is InChI=1S/C23H24N2O6S/c1-13-21(14(2)26)32-23(25(13)16-8-7-9-17(12-16)28-3)24-22(27)15-10-18(29-4)20(31-6)19(11-15)30-5/h7-12H,1-6H3. The second kappa shape index (κ2) is 9.69. The molecule has 3 aromatic rings. The molecule has 0 saturated heterocycles. The Kier molecular flexibility index (Phi) is 6.99. The van der Waals surface area contributed by atoms with Crippen LogP contribution in [-0.2, 0) is 0 Å². The summed E-state index contributed by atoms with van der Waals surface area (Å²) in [5, 5.41) is 0. The van der Waals surface area contributed by atoms with E-state index in [9.17, 15) is 9.59 Å². The number of hydrogen-bond acceptors (Lipinski definition) is 7. The van der Waals surface area contributed by atoms with Gasteiger partial charge in [-0.25, -0.2) is 0 Å². The lowest BCUT2D eigenvalue weighted by Gasteiger charge is -2.13. The zero-order chi connectivity index (χ0) is 23.4. The minimum Gasteiger partial charge on any atom is -0.497 e. The molecule has 0 aliphatic rings. The van der Waals surface area contributed by atoms with Crippen LogP contribution >= 0.6 is 11.3 Å². The van der Waals surface area contributed by atoms with E-state index < -0.39 is 5.91 Å². The van der Waals surface area contributed by atoms with Crippen molar-refractivity contribution in [1.29, 1.82) is 0 Å². The van der Waals surface area contributed by atoms with Gasteiger partial charge in [0, 0.05) is 24.2 Å². The number of thiazole rings is 1. The first-order chi connectivity index (χ1) is 15.3. The number of amides is 1. The van der Waals surface area contributed by atoms with Gasteiger partial charge in [0.25, 0.3) is 5.91 Å². The Bertz CT molecular complexity index is 1220. The fourth-order valence-corrected chi connectivity index (χ4v) is 4.29. The number of ether oxygens (including phenoxy) is 4. The third-order valence-electron chi connectivity index (χ3n) is 4.79. The molecule has 0 N–H and O–H groups in total. The Balaban J connectivity index is 2.21. The van der Waals surface area contributed by atoms with Crippen LogP contribution in [0.5, 0.6) is 23.0 Å². The van der Waals surface area contributed by atoms with Crippen molar-refractivity contribution in [2.24, 2.45) is 4.99 Å². The number of carbonyl (C=O) groups excluding carboxylic acids is 2. The van der Waals surface area contributed by atoms with Crippen molar-refractivity contribution in [3.05, 3.63) is 57.3 Å². The van der Waals surface area contributed by atoms with E-state index in [-0.39, 0.29) is 11.3 Å². The number of rotatable bonds is 7. The van der Waals surface area contributed by atoms with Crippen LogP contribution in [0.3, 0.4) is 0 Å². The Hall–Kier alpha value is -3.59. The summed E-state index contributed by atoms with van der Waals surface area (Å²) in [6, 6.07) is 10.4. The highest BCUT2D eigenvalue weighted by Crippen LogP contribution is 2.38. The Morgan fingerprint density at radius 3 is 2.12 bits per heavy atom. The predicted octanol–water partition coefficient (Wildman–Crippen LogP) is 3.83. The molecule has 0 atom stereocenters. The Morgan fingerprint density at radius 2 is 1.59 bits per heavy atom. The van der Waals surface area contributed by atoms with Gasteiger partial charge >= 0.3 is 0 Å². The molecule has 9 heteroatoms. The summed E-state index contributed by atoms with van der Waals surface area (Å²) >= 11 is 1.15. The summed E-state index contributed by atoms with van der Waals surface area (Å²) in [6.45, 7) is 3.30. The quantitative estimate of drug-likeness (QED) is 0.502. The highest BCUT2D eigenvalue weighted by molar-refractivity contribution is 7.11. The number of methoxy groups -OCH3 is 4. The monoisotopic (exact) mass is 456 g/mol. The van der Waals surface area contributed by atoms with Gasteiger partial charge in [0.15, 0.2) is 22.1 Å². The van der Waals surface area contributed by atoms with Crippen molar-refractivity contribution in [3.63, 3.8) is 0 Å². The zero-order valence-corrected chi connectivity index (χ0v) is 19.5. The summed E-state index contributed by atoms with van der Waals surface area (Å²) in [5.41, 5.74) is 1.67. The molecule has 32 heavy (non-hydrogen) atoms. The van der Waals surface area contributed by atoms with E-state index in [1.165, 1.54) is 40.4 Å². The van der Waals surface area contributed by atoms with Crippen molar-refractivity contribution < 1.29 is 28.5 Å². The first kappa shape index (κ1) is 23.1. The maximum absolute atomic E-state index is 13.1. The molecule has 1 aromatic heterocycles. The molecule has 0 fully saturated rings. The first-order valence-corrected chi connectivity index (χ1v) is 10.4. The Labute approximate surface area is 189 Å².